The van der Waals surface area contributed by atoms with E-state index in [0.29, 0.717) is 29.3 Å². The van der Waals surface area contributed by atoms with Gasteiger partial charge in [0.2, 0.25) is 0 Å². The molecule has 1 saturated heterocycles. The third-order valence-corrected chi connectivity index (χ3v) is 6.92. The van der Waals surface area contributed by atoms with Gasteiger partial charge >= 0.3 is 6.03 Å². The van der Waals surface area contributed by atoms with Crippen molar-refractivity contribution in [1.82, 2.24) is 0 Å². The summed E-state index contributed by atoms with van der Waals surface area (Å²) in [7, 11) is 0. The van der Waals surface area contributed by atoms with E-state index in [9.17, 15) is 14.4 Å². The second-order valence-electron chi connectivity index (χ2n) is 9.22. The Morgan fingerprint density at radius 3 is 1.72 bits per heavy atom. The zero-order chi connectivity index (χ0) is 27.8. The molecule has 0 bridgehead atoms. The predicted molar refractivity (Wildman–Crippen MR) is 157 cm³/mol. The summed E-state index contributed by atoms with van der Waals surface area (Å²) >= 11 is 13.0. The van der Waals surface area contributed by atoms with E-state index in [0.717, 1.165) is 29.1 Å². The molecule has 0 radical (unpaired) electrons. The second kappa shape index (κ2) is 13.5. The summed E-state index contributed by atoms with van der Waals surface area (Å²) in [5.41, 5.74) is 0.932. The van der Waals surface area contributed by atoms with Crippen LogP contribution < -0.4 is 14.5 Å². The maximum atomic E-state index is 13.5. The Morgan fingerprint density at radius 1 is 0.718 bits per heavy atom. The van der Waals surface area contributed by atoms with Crippen LogP contribution in [0.25, 0.3) is 6.08 Å². The maximum absolute atomic E-state index is 13.5. The smallest absolute Gasteiger partial charge is 0.343 e. The van der Waals surface area contributed by atoms with Crippen LogP contribution in [0.2, 0.25) is 10.0 Å². The van der Waals surface area contributed by atoms with Crippen LogP contribution in [0.1, 0.15) is 51.0 Å². The first-order valence-corrected chi connectivity index (χ1v) is 13.8. The van der Waals surface area contributed by atoms with Crippen LogP contribution >= 0.6 is 23.2 Å². The summed E-state index contributed by atoms with van der Waals surface area (Å²) in [6.07, 6.45) is 8.18. The Hall–Kier alpha value is -3.61. The lowest BCUT2D eigenvalue weighted by atomic mass is 10.0. The number of hydrogen-bond donors (Lipinski definition) is 0. The third-order valence-electron chi connectivity index (χ3n) is 6.35. The Bertz CT molecular complexity index is 1270. The number of nitrogens with zero attached hydrogens (tertiary/aromatic N) is 2. The fourth-order valence-electron chi connectivity index (χ4n) is 4.36. The van der Waals surface area contributed by atoms with Gasteiger partial charge in [0.05, 0.1) is 28.0 Å². The van der Waals surface area contributed by atoms with Gasteiger partial charge in [-0.15, -0.1) is 0 Å². The molecule has 1 aliphatic rings. The van der Waals surface area contributed by atoms with E-state index >= 15 is 0 Å². The molecule has 1 heterocycles. The van der Waals surface area contributed by atoms with E-state index in [1.54, 1.807) is 72.8 Å². The fourth-order valence-corrected chi connectivity index (χ4v) is 4.98. The molecule has 6 nitrogen and oxygen atoms in total. The minimum atomic E-state index is -0.756. The fraction of sp³-hybridized carbons (Fsp3) is 0.258. The number of amides is 4. The average molecular weight is 565 g/mol. The molecule has 0 saturated carbocycles. The molecule has 8 heteroatoms. The molecule has 202 valence electrons. The normalized spacial score (nSPS) is 13.7. The Labute approximate surface area is 238 Å². The number of unbranched alkanes of at least 4 members (excludes halogenated alkanes) is 5. The van der Waals surface area contributed by atoms with E-state index in [1.807, 2.05) is 0 Å². The molecule has 0 spiro atoms. The number of barbiturate groups is 1. The quantitative estimate of drug-likeness (QED) is 0.133. The van der Waals surface area contributed by atoms with Crippen LogP contribution in [0.4, 0.5) is 16.2 Å². The number of carbonyl (C=O) groups excluding carboxylic acids is 3. The molecule has 4 rings (SSSR count). The van der Waals surface area contributed by atoms with Gasteiger partial charge in [-0.25, -0.2) is 14.6 Å². The molecule has 1 aliphatic heterocycles. The highest BCUT2D eigenvalue weighted by Gasteiger charge is 2.43. The highest BCUT2D eigenvalue weighted by atomic mass is 35.5. The van der Waals surface area contributed by atoms with Crippen molar-refractivity contribution >= 4 is 58.5 Å². The maximum Gasteiger partial charge on any atom is 0.343 e. The number of para-hydroxylation sites is 2. The van der Waals surface area contributed by atoms with Crippen LogP contribution in [0, 0.1) is 0 Å². The van der Waals surface area contributed by atoms with Gasteiger partial charge < -0.3 is 4.74 Å². The Morgan fingerprint density at radius 2 is 1.21 bits per heavy atom. The number of anilines is 2. The van der Waals surface area contributed by atoms with Gasteiger partial charge in [-0.1, -0.05) is 98.6 Å². The van der Waals surface area contributed by atoms with Gasteiger partial charge in [0.25, 0.3) is 11.8 Å². The number of ether oxygens (including phenoxy) is 1. The number of urea groups is 1. The Kier molecular flexibility index (Phi) is 9.79. The average Bonchev–Trinajstić information content (AvgIpc) is 2.93. The number of imide groups is 2. The number of hydrogen-bond acceptors (Lipinski definition) is 4. The lowest BCUT2D eigenvalue weighted by Crippen LogP contribution is -2.57. The summed E-state index contributed by atoms with van der Waals surface area (Å²) in [5.74, 6) is -1.11. The monoisotopic (exact) mass is 564 g/mol. The van der Waals surface area contributed by atoms with Gasteiger partial charge in [-0.2, -0.15) is 0 Å². The molecule has 0 N–H and O–H groups in total. The van der Waals surface area contributed by atoms with Gasteiger partial charge in [0.15, 0.2) is 5.75 Å². The highest BCUT2D eigenvalue weighted by molar-refractivity contribution is 6.46. The molecule has 0 atom stereocenters. The molecule has 4 amide bonds. The second-order valence-corrected chi connectivity index (χ2v) is 10.0. The van der Waals surface area contributed by atoms with Gasteiger partial charge in [-0.3, -0.25) is 9.59 Å². The van der Waals surface area contributed by atoms with Crippen molar-refractivity contribution < 1.29 is 19.1 Å². The molecule has 0 unspecified atom stereocenters. The van der Waals surface area contributed by atoms with E-state index in [-0.39, 0.29) is 15.6 Å². The van der Waals surface area contributed by atoms with Crippen LogP contribution in [0.15, 0.2) is 78.4 Å². The molecule has 3 aromatic rings. The molecule has 39 heavy (non-hydrogen) atoms. The molecular formula is C31H30Cl2N2O4. The zero-order valence-electron chi connectivity index (χ0n) is 21.7. The molecular weight excluding hydrogens is 535 g/mol. The lowest BCUT2D eigenvalue weighted by molar-refractivity contribution is -0.121. The summed E-state index contributed by atoms with van der Waals surface area (Å²) < 4.78 is 5.85. The summed E-state index contributed by atoms with van der Waals surface area (Å²) in [6.45, 7) is 2.67. The number of carbonyl (C=O) groups is 3. The summed E-state index contributed by atoms with van der Waals surface area (Å²) in [6, 6.07) is 19.4. The van der Waals surface area contributed by atoms with Crippen LogP contribution in [-0.4, -0.2) is 24.5 Å². The Balaban J connectivity index is 1.62. The topological polar surface area (TPSA) is 66.9 Å². The predicted octanol–water partition coefficient (Wildman–Crippen LogP) is 8.32. The van der Waals surface area contributed by atoms with Crippen molar-refractivity contribution in [3.05, 3.63) is 94.0 Å². The van der Waals surface area contributed by atoms with Crippen molar-refractivity contribution in [3.8, 4) is 5.75 Å². The largest absolute Gasteiger partial charge is 0.490 e. The van der Waals surface area contributed by atoms with Crippen molar-refractivity contribution in [2.24, 2.45) is 0 Å². The van der Waals surface area contributed by atoms with Crippen LogP contribution in [-0.2, 0) is 9.59 Å². The first kappa shape index (κ1) is 28.4. The minimum Gasteiger partial charge on any atom is -0.490 e. The lowest BCUT2D eigenvalue weighted by Gasteiger charge is -2.33. The summed E-state index contributed by atoms with van der Waals surface area (Å²) in [5, 5.41) is 0.541. The van der Waals surface area contributed by atoms with Gasteiger partial charge in [0.1, 0.15) is 5.57 Å². The van der Waals surface area contributed by atoms with Crippen molar-refractivity contribution in [2.75, 3.05) is 16.4 Å². The molecule has 3 aromatic carbocycles. The standard InChI is InChI=1S/C31H30Cl2N2O4/c1-2-3-4-5-6-13-18-39-28-26(32)20-22(21-27(28)33)19-25-29(36)34(23-14-9-7-10-15-23)31(38)35(30(25)37)24-16-11-8-12-17-24/h7-12,14-17,19-21H,2-6,13,18H2,1H3. The van der Waals surface area contributed by atoms with Gasteiger partial charge in [0, 0.05) is 0 Å². The highest BCUT2D eigenvalue weighted by Crippen LogP contribution is 2.36. The molecule has 1 fully saturated rings. The van der Waals surface area contributed by atoms with E-state index < -0.39 is 17.8 Å². The molecule has 0 aliphatic carbocycles. The first-order valence-electron chi connectivity index (χ1n) is 13.1. The van der Waals surface area contributed by atoms with Gasteiger partial charge in [-0.05, 0) is 54.5 Å². The SMILES string of the molecule is CCCCCCCCOc1c(Cl)cc(C=C2C(=O)N(c3ccccc3)C(=O)N(c3ccccc3)C2=O)cc1Cl. The number of benzene rings is 3. The third kappa shape index (κ3) is 6.70. The van der Waals surface area contributed by atoms with Crippen molar-refractivity contribution in [1.29, 1.82) is 0 Å². The first-order chi connectivity index (χ1) is 18.9. The summed E-state index contributed by atoms with van der Waals surface area (Å²) in [4.78, 5) is 42.5. The number of rotatable bonds is 11. The van der Waals surface area contributed by atoms with E-state index in [1.165, 1.54) is 25.3 Å². The van der Waals surface area contributed by atoms with Crippen LogP contribution in [0.5, 0.6) is 5.75 Å². The van der Waals surface area contributed by atoms with Crippen molar-refractivity contribution in [2.45, 2.75) is 45.4 Å². The van der Waals surface area contributed by atoms with Crippen LogP contribution in [0.3, 0.4) is 0 Å². The molecule has 0 aromatic heterocycles. The number of halogens is 2. The zero-order valence-corrected chi connectivity index (χ0v) is 23.3. The minimum absolute atomic E-state index is 0.199. The van der Waals surface area contributed by atoms with Crippen molar-refractivity contribution in [3.63, 3.8) is 0 Å². The van der Waals surface area contributed by atoms with E-state index in [4.69, 9.17) is 27.9 Å². The van der Waals surface area contributed by atoms with E-state index in [2.05, 4.69) is 6.92 Å².